The fourth-order valence-electron chi connectivity index (χ4n) is 3.72. The van der Waals surface area contributed by atoms with Gasteiger partial charge in [0.1, 0.15) is 5.75 Å². The normalized spacial score (nSPS) is 21.7. The summed E-state index contributed by atoms with van der Waals surface area (Å²) in [6.45, 7) is 0.703. The van der Waals surface area contributed by atoms with Gasteiger partial charge in [-0.2, -0.15) is 0 Å². The van der Waals surface area contributed by atoms with Crippen molar-refractivity contribution in [3.05, 3.63) is 28.3 Å². The van der Waals surface area contributed by atoms with Crippen molar-refractivity contribution in [1.29, 1.82) is 0 Å². The largest absolute Gasteiger partial charge is 0.493 e. The van der Waals surface area contributed by atoms with Crippen LogP contribution in [-0.4, -0.2) is 30.5 Å². The smallest absolute Gasteiger partial charge is 0.126 e. The van der Waals surface area contributed by atoms with Crippen molar-refractivity contribution in [3.8, 4) is 5.75 Å². The Hall–Kier alpha value is -0.770. The summed E-state index contributed by atoms with van der Waals surface area (Å²) in [6, 6.07) is 3.88. The molecule has 0 aromatic heterocycles. The topological polar surface area (TPSA) is 38.7 Å². The minimum absolute atomic E-state index is 0.411. The predicted octanol–water partition coefficient (Wildman–Crippen LogP) is 3.53. The Labute approximate surface area is 131 Å². The van der Waals surface area contributed by atoms with Gasteiger partial charge in [0.25, 0.3) is 0 Å². The first-order chi connectivity index (χ1) is 10.1. The summed E-state index contributed by atoms with van der Waals surface area (Å²) in [5.74, 6) is 0.917. The summed E-state index contributed by atoms with van der Waals surface area (Å²) in [5, 5.41) is 11.5. The molecule has 1 heterocycles. The van der Waals surface area contributed by atoms with Crippen LogP contribution in [0.25, 0.3) is 0 Å². The van der Waals surface area contributed by atoms with Gasteiger partial charge >= 0.3 is 0 Å². The molecule has 1 aromatic rings. The molecule has 1 aromatic carbocycles. The second-order valence-electron chi connectivity index (χ2n) is 6.20. The molecule has 116 valence electrons. The van der Waals surface area contributed by atoms with E-state index < -0.39 is 11.7 Å². The third kappa shape index (κ3) is 2.92. The minimum Gasteiger partial charge on any atom is -0.493 e. The van der Waals surface area contributed by atoms with Gasteiger partial charge in [-0.1, -0.05) is 30.9 Å². The van der Waals surface area contributed by atoms with E-state index in [1.54, 1.807) is 7.11 Å². The molecule has 2 aliphatic rings. The molecule has 21 heavy (non-hydrogen) atoms. The lowest BCUT2D eigenvalue weighted by atomic mass is 9.78. The van der Waals surface area contributed by atoms with E-state index in [0.29, 0.717) is 13.0 Å². The maximum Gasteiger partial charge on any atom is 0.126 e. The van der Waals surface area contributed by atoms with Gasteiger partial charge in [0.2, 0.25) is 0 Å². The Balaban J connectivity index is 1.83. The zero-order valence-corrected chi connectivity index (χ0v) is 13.3. The molecule has 1 saturated carbocycles. The van der Waals surface area contributed by atoms with E-state index in [1.165, 1.54) is 6.42 Å². The lowest BCUT2D eigenvalue weighted by molar-refractivity contribution is -0.122. The number of rotatable bonds is 4. The Morgan fingerprint density at radius 2 is 2.10 bits per heavy atom. The van der Waals surface area contributed by atoms with E-state index in [0.717, 1.165) is 54.0 Å². The van der Waals surface area contributed by atoms with Crippen molar-refractivity contribution in [3.63, 3.8) is 0 Å². The second kappa shape index (κ2) is 6.15. The highest BCUT2D eigenvalue weighted by atomic mass is 35.5. The Morgan fingerprint density at radius 1 is 1.33 bits per heavy atom. The van der Waals surface area contributed by atoms with Gasteiger partial charge in [-0.3, -0.25) is 0 Å². The van der Waals surface area contributed by atoms with E-state index in [-0.39, 0.29) is 0 Å². The highest BCUT2D eigenvalue weighted by molar-refractivity contribution is 6.30. The number of fused-ring (bicyclic) bond motifs is 1. The van der Waals surface area contributed by atoms with Crippen molar-refractivity contribution in [2.45, 2.75) is 56.7 Å². The van der Waals surface area contributed by atoms with E-state index >= 15 is 0 Å². The first kappa shape index (κ1) is 15.1. The summed E-state index contributed by atoms with van der Waals surface area (Å²) in [7, 11) is 1.72. The maximum absolute atomic E-state index is 10.8. The van der Waals surface area contributed by atoms with E-state index in [9.17, 15) is 5.11 Å². The molecular formula is C17H23ClO3. The van der Waals surface area contributed by atoms with E-state index in [1.807, 2.05) is 12.1 Å². The van der Waals surface area contributed by atoms with Crippen LogP contribution >= 0.6 is 11.6 Å². The van der Waals surface area contributed by atoms with Gasteiger partial charge < -0.3 is 14.6 Å². The van der Waals surface area contributed by atoms with Gasteiger partial charge in [0.15, 0.2) is 0 Å². The van der Waals surface area contributed by atoms with Crippen LogP contribution in [0.2, 0.25) is 5.02 Å². The van der Waals surface area contributed by atoms with Crippen LogP contribution in [0.15, 0.2) is 12.1 Å². The van der Waals surface area contributed by atoms with Crippen LogP contribution < -0.4 is 4.74 Å². The lowest BCUT2D eigenvalue weighted by Crippen LogP contribution is -2.46. The van der Waals surface area contributed by atoms with E-state index in [2.05, 4.69) is 0 Å². The zero-order chi connectivity index (χ0) is 14.9. The van der Waals surface area contributed by atoms with Crippen molar-refractivity contribution in [1.82, 2.24) is 0 Å². The summed E-state index contributed by atoms with van der Waals surface area (Å²) < 4.78 is 11.5. The monoisotopic (exact) mass is 310 g/mol. The van der Waals surface area contributed by atoms with Gasteiger partial charge in [0.05, 0.1) is 18.3 Å². The molecule has 3 nitrogen and oxygen atoms in total. The van der Waals surface area contributed by atoms with Crippen LogP contribution in [0, 0.1) is 0 Å². The fourth-order valence-corrected chi connectivity index (χ4v) is 3.98. The summed E-state index contributed by atoms with van der Waals surface area (Å²) in [4.78, 5) is 0. The predicted molar refractivity (Wildman–Crippen MR) is 83.2 cm³/mol. The molecule has 1 fully saturated rings. The number of benzene rings is 1. The van der Waals surface area contributed by atoms with E-state index in [4.69, 9.17) is 21.1 Å². The van der Waals surface area contributed by atoms with Gasteiger partial charge in [-0.15, -0.1) is 0 Å². The summed E-state index contributed by atoms with van der Waals surface area (Å²) in [5.41, 5.74) is 1.75. The molecular weight excluding hydrogens is 288 g/mol. The van der Waals surface area contributed by atoms with Crippen molar-refractivity contribution in [2.75, 3.05) is 13.7 Å². The number of halogens is 1. The molecule has 1 atom stereocenters. The van der Waals surface area contributed by atoms with Crippen molar-refractivity contribution < 1.29 is 14.6 Å². The van der Waals surface area contributed by atoms with Crippen LogP contribution in [-0.2, 0) is 17.6 Å². The highest BCUT2D eigenvalue weighted by Gasteiger charge is 2.39. The van der Waals surface area contributed by atoms with Crippen LogP contribution in [0.3, 0.4) is 0 Å². The molecule has 3 rings (SSSR count). The molecule has 0 amide bonds. The highest BCUT2D eigenvalue weighted by Crippen LogP contribution is 2.38. The molecule has 0 saturated heterocycles. The Bertz CT molecular complexity index is 509. The average molecular weight is 311 g/mol. The lowest BCUT2D eigenvalue weighted by Gasteiger charge is -2.40. The molecule has 1 aliphatic carbocycles. The minimum atomic E-state index is -0.519. The van der Waals surface area contributed by atoms with Crippen LogP contribution in [0.1, 0.15) is 43.2 Å². The number of hydrogen-bond acceptors (Lipinski definition) is 3. The van der Waals surface area contributed by atoms with Gasteiger partial charge in [-0.05, 0) is 36.1 Å². The van der Waals surface area contributed by atoms with Crippen molar-refractivity contribution in [2.24, 2.45) is 0 Å². The quantitative estimate of drug-likeness (QED) is 0.924. The third-order valence-corrected chi connectivity index (χ3v) is 5.17. The number of methoxy groups -OCH3 is 1. The average Bonchev–Trinajstić information content (AvgIpc) is 2.96. The standard InChI is InChI=1S/C17H23ClO3/c1-20-17(6-3-2-4-7-17)15(19)11-13-10-14(18)9-12-5-8-21-16(12)13/h9-10,15,19H,2-8,11H2,1H3. The number of aliphatic hydroxyl groups excluding tert-OH is 1. The molecule has 0 radical (unpaired) electrons. The first-order valence-corrected chi connectivity index (χ1v) is 8.20. The van der Waals surface area contributed by atoms with Gasteiger partial charge in [0, 0.05) is 25.0 Å². The number of ether oxygens (including phenoxy) is 2. The molecule has 1 unspecified atom stereocenters. The zero-order valence-electron chi connectivity index (χ0n) is 12.5. The Kier molecular flexibility index (Phi) is 4.43. The second-order valence-corrected chi connectivity index (χ2v) is 6.64. The number of hydrogen-bond donors (Lipinski definition) is 1. The van der Waals surface area contributed by atoms with Crippen LogP contribution in [0.5, 0.6) is 5.75 Å². The Morgan fingerprint density at radius 3 is 2.81 bits per heavy atom. The summed E-state index contributed by atoms with van der Waals surface area (Å²) in [6.07, 6.45) is 6.24. The SMILES string of the molecule is COC1(C(O)Cc2cc(Cl)cc3c2OCC3)CCCCC1. The molecule has 1 aliphatic heterocycles. The number of aliphatic hydroxyl groups is 1. The molecule has 1 N–H and O–H groups in total. The maximum atomic E-state index is 10.8. The third-order valence-electron chi connectivity index (χ3n) is 4.95. The van der Waals surface area contributed by atoms with Gasteiger partial charge in [-0.25, -0.2) is 0 Å². The first-order valence-electron chi connectivity index (χ1n) is 7.82. The summed E-state index contributed by atoms with van der Waals surface area (Å²) >= 11 is 6.20. The van der Waals surface area contributed by atoms with Crippen LogP contribution in [0.4, 0.5) is 0 Å². The van der Waals surface area contributed by atoms with Crippen molar-refractivity contribution >= 4 is 11.6 Å². The fraction of sp³-hybridized carbons (Fsp3) is 0.647. The molecule has 0 spiro atoms. The molecule has 4 heteroatoms. The molecule has 0 bridgehead atoms.